The molecule has 2 aromatic carbocycles. The van der Waals surface area contributed by atoms with Gasteiger partial charge in [-0.05, 0) is 61.3 Å². The van der Waals surface area contributed by atoms with Crippen LogP contribution >= 0.6 is 11.8 Å². The van der Waals surface area contributed by atoms with Crippen LogP contribution in [-0.2, 0) is 0 Å². The average molecular weight is 341 g/mol. The summed E-state index contributed by atoms with van der Waals surface area (Å²) >= 11 is 1.82. The van der Waals surface area contributed by atoms with E-state index in [1.807, 2.05) is 17.8 Å². The number of hydrogen-bond acceptors (Lipinski definition) is 3. The van der Waals surface area contributed by atoms with Crippen LogP contribution in [0.5, 0.6) is 0 Å². The van der Waals surface area contributed by atoms with E-state index in [1.54, 1.807) is 0 Å². The van der Waals surface area contributed by atoms with Gasteiger partial charge in [0.15, 0.2) is 0 Å². The van der Waals surface area contributed by atoms with Gasteiger partial charge in [-0.15, -0.1) is 11.8 Å². The lowest BCUT2D eigenvalue weighted by atomic mass is 9.71. The highest BCUT2D eigenvalue weighted by Crippen LogP contribution is 2.48. The lowest BCUT2D eigenvalue weighted by Gasteiger charge is -2.46. The number of rotatable bonds is 4. The van der Waals surface area contributed by atoms with Crippen LogP contribution in [0.1, 0.15) is 45.6 Å². The second-order valence-corrected chi connectivity index (χ2v) is 7.96. The fourth-order valence-corrected chi connectivity index (χ4v) is 4.30. The van der Waals surface area contributed by atoms with Crippen LogP contribution in [-0.4, -0.2) is 11.8 Å². The molecule has 0 bridgehead atoms. The summed E-state index contributed by atoms with van der Waals surface area (Å²) in [5.41, 5.74) is 5.22. The summed E-state index contributed by atoms with van der Waals surface area (Å²) in [6.45, 7) is 9.39. The molecule has 0 spiro atoms. The van der Waals surface area contributed by atoms with Gasteiger partial charge in [0.2, 0.25) is 0 Å². The van der Waals surface area contributed by atoms with Gasteiger partial charge in [-0.2, -0.15) is 0 Å². The molecular weight excluding hydrogens is 312 g/mol. The predicted molar refractivity (Wildman–Crippen MR) is 108 cm³/mol. The molecule has 3 unspecified atom stereocenters. The topological polar surface area (TPSA) is 24.1 Å². The van der Waals surface area contributed by atoms with E-state index < -0.39 is 0 Å². The van der Waals surface area contributed by atoms with Crippen molar-refractivity contribution in [3.63, 3.8) is 0 Å². The molecule has 1 heterocycles. The zero-order valence-electron chi connectivity index (χ0n) is 15.3. The Labute approximate surface area is 150 Å². The first-order chi connectivity index (χ1) is 11.5. The maximum absolute atomic E-state index is 3.87. The van der Waals surface area contributed by atoms with Crippen molar-refractivity contribution in [2.24, 2.45) is 5.92 Å². The first kappa shape index (κ1) is 17.2. The first-order valence-electron chi connectivity index (χ1n) is 8.80. The van der Waals surface area contributed by atoms with Gasteiger partial charge in [0.1, 0.15) is 0 Å². The summed E-state index contributed by atoms with van der Waals surface area (Å²) < 4.78 is 0. The number of para-hydroxylation sites is 1. The molecule has 0 fully saturated rings. The Hall–Kier alpha value is -1.61. The van der Waals surface area contributed by atoms with E-state index in [0.717, 1.165) is 12.1 Å². The van der Waals surface area contributed by atoms with Crippen molar-refractivity contribution >= 4 is 28.8 Å². The highest BCUT2D eigenvalue weighted by molar-refractivity contribution is 7.98. The van der Waals surface area contributed by atoms with E-state index >= 15 is 0 Å². The molecule has 1 aliphatic rings. The van der Waals surface area contributed by atoms with Crippen LogP contribution in [0.15, 0.2) is 47.4 Å². The molecule has 24 heavy (non-hydrogen) atoms. The van der Waals surface area contributed by atoms with Gasteiger partial charge in [0, 0.05) is 21.8 Å². The number of anilines is 3. The van der Waals surface area contributed by atoms with Gasteiger partial charge in [-0.1, -0.05) is 39.0 Å². The van der Waals surface area contributed by atoms with Crippen LogP contribution in [0.4, 0.5) is 17.1 Å². The van der Waals surface area contributed by atoms with Crippen LogP contribution in [0.25, 0.3) is 0 Å². The van der Waals surface area contributed by atoms with Gasteiger partial charge < -0.3 is 10.6 Å². The normalized spacial score (nSPS) is 25.7. The summed E-state index contributed by atoms with van der Waals surface area (Å²) in [4.78, 5) is 1.32. The second-order valence-electron chi connectivity index (χ2n) is 7.11. The molecule has 0 radical (unpaired) electrons. The molecule has 0 saturated heterocycles. The highest BCUT2D eigenvalue weighted by atomic mass is 32.2. The fourth-order valence-electron chi connectivity index (χ4n) is 3.68. The van der Waals surface area contributed by atoms with E-state index in [4.69, 9.17) is 0 Å². The minimum Gasteiger partial charge on any atom is -0.378 e. The highest BCUT2D eigenvalue weighted by Gasteiger charge is 2.39. The Kier molecular flexibility index (Phi) is 4.82. The second kappa shape index (κ2) is 6.72. The number of fused-ring (bicyclic) bond motifs is 1. The molecule has 1 aliphatic heterocycles. The molecule has 0 aromatic heterocycles. The molecule has 3 atom stereocenters. The standard InChI is InChI=1S/C21H28N2S/c1-6-21(4)15(3)14(2)18-12-17(13-19(24-5)20(18)23-21)22-16-10-8-7-9-11-16/h7-15,22-23H,6H2,1-5H3. The van der Waals surface area contributed by atoms with Crippen molar-refractivity contribution in [1.82, 2.24) is 0 Å². The Morgan fingerprint density at radius 1 is 1.12 bits per heavy atom. The summed E-state index contributed by atoms with van der Waals surface area (Å²) in [6.07, 6.45) is 3.30. The molecule has 0 aliphatic carbocycles. The Morgan fingerprint density at radius 2 is 1.83 bits per heavy atom. The molecular formula is C21H28N2S. The molecule has 2 N–H and O–H groups in total. The van der Waals surface area contributed by atoms with Gasteiger partial charge in [-0.3, -0.25) is 0 Å². The molecule has 2 aromatic rings. The first-order valence-corrected chi connectivity index (χ1v) is 10.0. The van der Waals surface area contributed by atoms with Crippen molar-refractivity contribution in [2.45, 2.75) is 50.5 Å². The molecule has 128 valence electrons. The Balaban J connectivity index is 2.03. The molecule has 0 amide bonds. The van der Waals surface area contributed by atoms with E-state index in [0.29, 0.717) is 11.8 Å². The number of benzene rings is 2. The average Bonchev–Trinajstić information content (AvgIpc) is 2.61. The summed E-state index contributed by atoms with van der Waals surface area (Å²) in [7, 11) is 0. The van der Waals surface area contributed by atoms with Crippen LogP contribution in [0.2, 0.25) is 0 Å². The predicted octanol–water partition coefficient (Wildman–Crippen LogP) is 6.49. The quantitative estimate of drug-likeness (QED) is 0.622. The van der Waals surface area contributed by atoms with Crippen molar-refractivity contribution in [1.29, 1.82) is 0 Å². The maximum atomic E-state index is 3.87. The number of nitrogens with one attached hydrogen (secondary N) is 2. The fraction of sp³-hybridized carbons (Fsp3) is 0.429. The van der Waals surface area contributed by atoms with Crippen molar-refractivity contribution in [3.8, 4) is 0 Å². The van der Waals surface area contributed by atoms with Crippen molar-refractivity contribution in [2.75, 3.05) is 16.9 Å². The lowest BCUT2D eigenvalue weighted by molar-refractivity contribution is 0.283. The Bertz CT molecular complexity index is 713. The van der Waals surface area contributed by atoms with Crippen molar-refractivity contribution in [3.05, 3.63) is 48.0 Å². The largest absolute Gasteiger partial charge is 0.378 e. The molecule has 0 saturated carbocycles. The van der Waals surface area contributed by atoms with Gasteiger partial charge in [0.25, 0.3) is 0 Å². The zero-order valence-corrected chi connectivity index (χ0v) is 16.1. The van der Waals surface area contributed by atoms with E-state index in [2.05, 4.69) is 81.0 Å². The third-order valence-electron chi connectivity index (χ3n) is 5.81. The minimum atomic E-state index is 0.158. The van der Waals surface area contributed by atoms with Gasteiger partial charge in [-0.25, -0.2) is 0 Å². The summed E-state index contributed by atoms with van der Waals surface area (Å²) in [6, 6.07) is 15.0. The summed E-state index contributed by atoms with van der Waals surface area (Å²) in [5.74, 6) is 1.13. The SMILES string of the molecule is CCC1(C)Nc2c(SC)cc(Nc3ccccc3)cc2C(C)C1C. The monoisotopic (exact) mass is 340 g/mol. The lowest BCUT2D eigenvalue weighted by Crippen LogP contribution is -2.46. The van der Waals surface area contributed by atoms with Crippen LogP contribution in [0.3, 0.4) is 0 Å². The number of thioether (sulfide) groups is 1. The van der Waals surface area contributed by atoms with E-state index in [-0.39, 0.29) is 5.54 Å². The third-order valence-corrected chi connectivity index (χ3v) is 6.57. The smallest absolute Gasteiger partial charge is 0.0519 e. The van der Waals surface area contributed by atoms with Crippen LogP contribution < -0.4 is 10.6 Å². The number of hydrogen-bond donors (Lipinski definition) is 2. The van der Waals surface area contributed by atoms with Gasteiger partial charge >= 0.3 is 0 Å². The third kappa shape index (κ3) is 3.02. The van der Waals surface area contributed by atoms with E-state index in [9.17, 15) is 0 Å². The van der Waals surface area contributed by atoms with E-state index in [1.165, 1.54) is 21.8 Å². The summed E-state index contributed by atoms with van der Waals surface area (Å²) in [5, 5.41) is 7.42. The molecule has 3 heteroatoms. The molecule has 3 rings (SSSR count). The van der Waals surface area contributed by atoms with Crippen molar-refractivity contribution < 1.29 is 0 Å². The maximum Gasteiger partial charge on any atom is 0.0519 e. The zero-order chi connectivity index (χ0) is 17.3. The Morgan fingerprint density at radius 3 is 2.46 bits per heavy atom. The minimum absolute atomic E-state index is 0.158. The van der Waals surface area contributed by atoms with Gasteiger partial charge in [0.05, 0.1) is 5.69 Å². The van der Waals surface area contributed by atoms with Crippen LogP contribution in [0, 0.1) is 5.92 Å². The molecule has 2 nitrogen and oxygen atoms in total.